The van der Waals surface area contributed by atoms with E-state index in [9.17, 15) is 9.18 Å². The molecule has 0 radical (unpaired) electrons. The Kier molecular flexibility index (Phi) is 4.67. The number of thioether (sulfide) groups is 1. The normalized spacial score (nSPS) is 12.2. The number of aryl methyl sites for hydroxylation is 2. The number of carbonyl (C=O) groups is 1. The second-order valence-corrected chi connectivity index (χ2v) is 4.13. The van der Waals surface area contributed by atoms with Gasteiger partial charge in [-0.2, -0.15) is 0 Å². The maximum atomic E-state index is 13.3. The van der Waals surface area contributed by atoms with Gasteiger partial charge in [0.05, 0.1) is 6.61 Å². The molecule has 0 saturated heterocycles. The number of nitrogens with zero attached hydrogens (tertiary/aromatic N) is 2. The van der Waals surface area contributed by atoms with Crippen LogP contribution in [0.3, 0.4) is 0 Å². The summed E-state index contributed by atoms with van der Waals surface area (Å²) >= 11 is 0.657. The zero-order valence-electron chi connectivity index (χ0n) is 9.36. The van der Waals surface area contributed by atoms with Crippen LogP contribution < -0.4 is 0 Å². The van der Waals surface area contributed by atoms with Gasteiger partial charge in [0, 0.05) is 11.4 Å². The van der Waals surface area contributed by atoms with Crippen molar-refractivity contribution in [3.8, 4) is 0 Å². The van der Waals surface area contributed by atoms with Gasteiger partial charge in [-0.1, -0.05) is 0 Å². The predicted molar refractivity (Wildman–Crippen MR) is 58.9 cm³/mol. The van der Waals surface area contributed by atoms with Gasteiger partial charge in [-0.05, 0) is 38.6 Å². The van der Waals surface area contributed by atoms with Crippen molar-refractivity contribution in [3.63, 3.8) is 0 Å². The van der Waals surface area contributed by atoms with Crippen molar-refractivity contribution in [2.75, 3.05) is 6.61 Å². The fraction of sp³-hybridized carbons (Fsp3) is 0.500. The lowest BCUT2D eigenvalue weighted by atomic mass is 10.4. The summed E-state index contributed by atoms with van der Waals surface area (Å²) in [6.45, 7) is 5.36. The lowest BCUT2D eigenvalue weighted by molar-refractivity contribution is -0.145. The molecular formula is C10H13FN2O2S. The number of carbonyl (C=O) groups excluding carboxylic acids is 1. The molecule has 1 atom stereocenters. The first kappa shape index (κ1) is 12.9. The molecular weight excluding hydrogens is 231 g/mol. The standard InChI is InChI=1S/C10H13FN2O2S/c1-4-15-9(14)8(11)16-10-12-6(2)5-7(3)13-10/h5,8H,4H2,1-3H3. The van der Waals surface area contributed by atoms with E-state index in [0.717, 1.165) is 11.4 Å². The molecule has 16 heavy (non-hydrogen) atoms. The first-order valence-corrected chi connectivity index (χ1v) is 5.70. The van der Waals surface area contributed by atoms with E-state index in [-0.39, 0.29) is 11.8 Å². The summed E-state index contributed by atoms with van der Waals surface area (Å²) < 4.78 is 17.9. The van der Waals surface area contributed by atoms with E-state index in [1.165, 1.54) is 0 Å². The quantitative estimate of drug-likeness (QED) is 0.461. The molecule has 0 aromatic carbocycles. The molecule has 0 aliphatic rings. The Morgan fingerprint density at radius 3 is 2.56 bits per heavy atom. The van der Waals surface area contributed by atoms with Crippen molar-refractivity contribution < 1.29 is 13.9 Å². The highest BCUT2D eigenvalue weighted by molar-refractivity contribution is 8.00. The van der Waals surface area contributed by atoms with Gasteiger partial charge in [-0.3, -0.25) is 0 Å². The third-order valence-electron chi connectivity index (χ3n) is 1.64. The van der Waals surface area contributed by atoms with Gasteiger partial charge in [0.1, 0.15) is 0 Å². The number of alkyl halides is 1. The lowest BCUT2D eigenvalue weighted by Gasteiger charge is -2.06. The van der Waals surface area contributed by atoms with Crippen LogP contribution in [-0.4, -0.2) is 28.0 Å². The molecule has 6 heteroatoms. The van der Waals surface area contributed by atoms with Crippen LogP contribution in [-0.2, 0) is 9.53 Å². The first-order valence-electron chi connectivity index (χ1n) is 4.82. The monoisotopic (exact) mass is 244 g/mol. The van der Waals surface area contributed by atoms with E-state index in [2.05, 4.69) is 14.7 Å². The largest absolute Gasteiger partial charge is 0.463 e. The maximum absolute atomic E-state index is 13.3. The van der Waals surface area contributed by atoms with Crippen LogP contribution in [0.5, 0.6) is 0 Å². The fourth-order valence-corrected chi connectivity index (χ4v) is 1.84. The van der Waals surface area contributed by atoms with E-state index in [4.69, 9.17) is 0 Å². The van der Waals surface area contributed by atoms with Crippen molar-refractivity contribution >= 4 is 17.7 Å². The van der Waals surface area contributed by atoms with E-state index in [1.807, 2.05) is 0 Å². The number of halogens is 1. The van der Waals surface area contributed by atoms with Crippen LogP contribution in [0.25, 0.3) is 0 Å². The van der Waals surface area contributed by atoms with Crippen LogP contribution in [0.4, 0.5) is 4.39 Å². The Bertz CT molecular complexity index is 367. The first-order chi connectivity index (χ1) is 7.52. The van der Waals surface area contributed by atoms with E-state index in [1.54, 1.807) is 26.8 Å². The molecule has 4 nitrogen and oxygen atoms in total. The minimum Gasteiger partial charge on any atom is -0.463 e. The Labute approximate surface area is 97.6 Å². The number of aromatic nitrogens is 2. The van der Waals surface area contributed by atoms with Crippen molar-refractivity contribution in [3.05, 3.63) is 17.5 Å². The molecule has 0 saturated carbocycles. The Morgan fingerprint density at radius 1 is 1.50 bits per heavy atom. The Morgan fingerprint density at radius 2 is 2.06 bits per heavy atom. The molecule has 0 spiro atoms. The smallest absolute Gasteiger partial charge is 0.351 e. The molecule has 1 rings (SSSR count). The zero-order valence-corrected chi connectivity index (χ0v) is 10.2. The third kappa shape index (κ3) is 3.77. The summed E-state index contributed by atoms with van der Waals surface area (Å²) in [4.78, 5) is 19.1. The molecule has 0 amide bonds. The summed E-state index contributed by atoms with van der Waals surface area (Å²) in [5.41, 5.74) is -0.293. The molecule has 0 fully saturated rings. The van der Waals surface area contributed by atoms with Crippen molar-refractivity contribution in [1.29, 1.82) is 0 Å². The van der Waals surface area contributed by atoms with Gasteiger partial charge >= 0.3 is 5.97 Å². The zero-order chi connectivity index (χ0) is 12.1. The van der Waals surface area contributed by atoms with Crippen LogP contribution in [0.2, 0.25) is 0 Å². The molecule has 0 aliphatic heterocycles. The average molecular weight is 244 g/mol. The molecule has 0 N–H and O–H groups in total. The SMILES string of the molecule is CCOC(=O)C(F)Sc1nc(C)cc(C)n1. The number of esters is 1. The number of rotatable bonds is 4. The molecule has 1 unspecified atom stereocenters. The third-order valence-corrected chi connectivity index (χ3v) is 2.44. The Hall–Kier alpha value is -1.17. The second kappa shape index (κ2) is 5.79. The highest BCUT2D eigenvalue weighted by Crippen LogP contribution is 2.22. The summed E-state index contributed by atoms with van der Waals surface area (Å²) in [6, 6.07) is 1.78. The van der Waals surface area contributed by atoms with Crippen molar-refractivity contribution in [2.24, 2.45) is 0 Å². The van der Waals surface area contributed by atoms with Gasteiger partial charge in [-0.15, -0.1) is 0 Å². The predicted octanol–water partition coefficient (Wildman–Crippen LogP) is 2.04. The Balaban J connectivity index is 2.69. The summed E-state index contributed by atoms with van der Waals surface area (Å²) in [5.74, 6) is -0.893. The van der Waals surface area contributed by atoms with E-state index >= 15 is 0 Å². The van der Waals surface area contributed by atoms with Crippen LogP contribution in [0.1, 0.15) is 18.3 Å². The molecule has 1 aromatic rings. The van der Waals surface area contributed by atoms with Gasteiger partial charge in [0.15, 0.2) is 5.16 Å². The maximum Gasteiger partial charge on any atom is 0.351 e. The lowest BCUT2D eigenvalue weighted by Crippen LogP contribution is -2.16. The van der Waals surface area contributed by atoms with Gasteiger partial charge in [0.25, 0.3) is 0 Å². The molecule has 88 valence electrons. The minimum atomic E-state index is -1.78. The molecule has 0 aliphatic carbocycles. The van der Waals surface area contributed by atoms with Crippen LogP contribution in [0.15, 0.2) is 11.2 Å². The second-order valence-electron chi connectivity index (χ2n) is 3.12. The van der Waals surface area contributed by atoms with Crippen molar-refractivity contribution in [1.82, 2.24) is 9.97 Å². The summed E-state index contributed by atoms with van der Waals surface area (Å²) in [6.07, 6.45) is 0. The van der Waals surface area contributed by atoms with Crippen LogP contribution >= 0.6 is 11.8 Å². The topological polar surface area (TPSA) is 52.1 Å². The van der Waals surface area contributed by atoms with E-state index in [0.29, 0.717) is 11.8 Å². The average Bonchev–Trinajstić information content (AvgIpc) is 2.16. The number of hydrogen-bond donors (Lipinski definition) is 0. The fourth-order valence-electron chi connectivity index (χ4n) is 1.09. The highest BCUT2D eigenvalue weighted by atomic mass is 32.2. The van der Waals surface area contributed by atoms with Gasteiger partial charge in [0.2, 0.25) is 5.50 Å². The minimum absolute atomic E-state index is 0.160. The number of ether oxygens (including phenoxy) is 1. The molecule has 1 heterocycles. The van der Waals surface area contributed by atoms with Gasteiger partial charge in [-0.25, -0.2) is 19.2 Å². The highest BCUT2D eigenvalue weighted by Gasteiger charge is 2.21. The summed E-state index contributed by atoms with van der Waals surface area (Å²) in [5, 5.41) is 0.248. The van der Waals surface area contributed by atoms with Crippen molar-refractivity contribution in [2.45, 2.75) is 31.4 Å². The van der Waals surface area contributed by atoms with Crippen LogP contribution in [0, 0.1) is 13.8 Å². The molecule has 0 bridgehead atoms. The summed E-state index contributed by atoms with van der Waals surface area (Å²) in [7, 11) is 0. The molecule has 1 aromatic heterocycles. The van der Waals surface area contributed by atoms with E-state index < -0.39 is 11.5 Å². The van der Waals surface area contributed by atoms with Gasteiger partial charge < -0.3 is 4.74 Å². The number of hydrogen-bond acceptors (Lipinski definition) is 5.